The lowest BCUT2D eigenvalue weighted by Gasteiger charge is -2.13. The fourth-order valence-electron chi connectivity index (χ4n) is 1.93. The van der Waals surface area contributed by atoms with Crippen LogP contribution in [0.2, 0.25) is 5.02 Å². The molecular weight excluding hydrogens is 274 g/mol. The maximum atomic E-state index is 9.37. The largest absolute Gasteiger partial charge is 0.492 e. The van der Waals surface area contributed by atoms with Crippen LogP contribution in [-0.2, 0) is 6.61 Å². The Morgan fingerprint density at radius 2 is 1.70 bits per heavy atom. The van der Waals surface area contributed by atoms with Gasteiger partial charge in [-0.05, 0) is 31.5 Å². The topological polar surface area (TPSA) is 49.7 Å². The lowest BCUT2D eigenvalue weighted by atomic mass is 9.79. The fraction of sp³-hybridized carbons (Fsp3) is 0.200. The normalized spacial score (nSPS) is 10.4. The summed E-state index contributed by atoms with van der Waals surface area (Å²) < 4.78 is 5.66. The van der Waals surface area contributed by atoms with E-state index in [0.29, 0.717) is 16.2 Å². The van der Waals surface area contributed by atoms with Gasteiger partial charge in [0, 0.05) is 16.0 Å². The Morgan fingerprint density at radius 3 is 2.35 bits per heavy atom. The Bertz CT molecular complexity index is 614. The van der Waals surface area contributed by atoms with E-state index in [4.69, 9.17) is 16.3 Å². The van der Waals surface area contributed by atoms with Gasteiger partial charge in [-0.1, -0.05) is 41.4 Å². The smallest absolute Gasteiger partial charge is 0.489 e. The molecule has 2 N–H and O–H groups in total. The van der Waals surface area contributed by atoms with Crippen LogP contribution in [0.4, 0.5) is 0 Å². The van der Waals surface area contributed by atoms with Crippen molar-refractivity contribution < 1.29 is 14.8 Å². The Hall–Kier alpha value is -1.49. The Balaban J connectivity index is 2.18. The number of halogens is 1. The van der Waals surface area contributed by atoms with Crippen molar-refractivity contribution in [3.05, 3.63) is 58.1 Å². The Morgan fingerprint density at radius 1 is 1.05 bits per heavy atom. The lowest BCUT2D eigenvalue weighted by molar-refractivity contribution is 0.306. The first-order valence-corrected chi connectivity index (χ1v) is 6.69. The molecule has 0 aliphatic rings. The van der Waals surface area contributed by atoms with Gasteiger partial charge in [-0.25, -0.2) is 0 Å². The van der Waals surface area contributed by atoms with Gasteiger partial charge >= 0.3 is 7.12 Å². The maximum Gasteiger partial charge on any atom is 0.492 e. The van der Waals surface area contributed by atoms with Crippen molar-refractivity contribution in [2.45, 2.75) is 20.5 Å². The van der Waals surface area contributed by atoms with Gasteiger partial charge in [0.25, 0.3) is 0 Å². The molecule has 20 heavy (non-hydrogen) atoms. The van der Waals surface area contributed by atoms with Crippen molar-refractivity contribution in [1.29, 1.82) is 0 Å². The molecule has 3 nitrogen and oxygen atoms in total. The third kappa shape index (κ3) is 3.54. The van der Waals surface area contributed by atoms with Gasteiger partial charge in [-0.2, -0.15) is 0 Å². The summed E-state index contributed by atoms with van der Waals surface area (Å²) in [6.45, 7) is 4.13. The van der Waals surface area contributed by atoms with Crippen LogP contribution in [-0.4, -0.2) is 17.2 Å². The van der Waals surface area contributed by atoms with Gasteiger partial charge in [-0.3, -0.25) is 0 Å². The van der Waals surface area contributed by atoms with Crippen molar-refractivity contribution >= 4 is 24.2 Å². The van der Waals surface area contributed by atoms with E-state index in [9.17, 15) is 10.0 Å². The van der Waals surface area contributed by atoms with Crippen LogP contribution in [0, 0.1) is 13.8 Å². The summed E-state index contributed by atoms with van der Waals surface area (Å²) in [7, 11) is -1.56. The van der Waals surface area contributed by atoms with Gasteiger partial charge < -0.3 is 14.8 Å². The van der Waals surface area contributed by atoms with Crippen LogP contribution in [0.5, 0.6) is 5.75 Å². The SMILES string of the molecule is Cc1ccc(COc2ccc(C)cc2B(O)O)c(Cl)c1. The van der Waals surface area contributed by atoms with Crippen LogP contribution in [0.3, 0.4) is 0 Å². The number of hydrogen-bond acceptors (Lipinski definition) is 3. The van der Waals surface area contributed by atoms with E-state index in [-0.39, 0.29) is 6.61 Å². The molecule has 0 radical (unpaired) electrons. The van der Waals surface area contributed by atoms with Crippen LogP contribution >= 0.6 is 11.6 Å². The van der Waals surface area contributed by atoms with Crippen LogP contribution in [0.15, 0.2) is 36.4 Å². The zero-order chi connectivity index (χ0) is 14.7. The molecule has 0 heterocycles. The van der Waals surface area contributed by atoms with Crippen molar-refractivity contribution in [2.24, 2.45) is 0 Å². The molecular formula is C15H16BClO3. The number of ether oxygens (including phenoxy) is 1. The van der Waals surface area contributed by atoms with Crippen molar-refractivity contribution in [3.63, 3.8) is 0 Å². The standard InChI is InChI=1S/C15H16BClO3/c1-10-4-6-15(13(7-10)16(18)19)20-9-12-5-3-11(2)8-14(12)17/h3-8,18-19H,9H2,1-2H3. The molecule has 2 aromatic carbocycles. The van der Waals surface area contributed by atoms with E-state index in [0.717, 1.165) is 16.7 Å². The van der Waals surface area contributed by atoms with E-state index < -0.39 is 7.12 Å². The summed E-state index contributed by atoms with van der Waals surface area (Å²) >= 11 is 6.14. The highest BCUT2D eigenvalue weighted by molar-refractivity contribution is 6.59. The first kappa shape index (κ1) is 14.9. The minimum Gasteiger partial charge on any atom is -0.489 e. The highest BCUT2D eigenvalue weighted by Crippen LogP contribution is 2.20. The molecule has 0 amide bonds. The molecule has 2 aromatic rings. The van der Waals surface area contributed by atoms with Gasteiger partial charge in [-0.15, -0.1) is 0 Å². The average Bonchev–Trinajstić information content (AvgIpc) is 2.38. The van der Waals surface area contributed by atoms with Crippen LogP contribution < -0.4 is 10.2 Å². The molecule has 2 rings (SSSR count). The van der Waals surface area contributed by atoms with Gasteiger partial charge in [0.15, 0.2) is 0 Å². The minimum atomic E-state index is -1.56. The minimum absolute atomic E-state index is 0.280. The molecule has 0 saturated carbocycles. The van der Waals surface area contributed by atoms with E-state index in [2.05, 4.69) is 0 Å². The van der Waals surface area contributed by atoms with Crippen LogP contribution in [0.25, 0.3) is 0 Å². The molecule has 0 aliphatic heterocycles. The quantitative estimate of drug-likeness (QED) is 0.849. The van der Waals surface area contributed by atoms with Gasteiger partial charge in [0.05, 0.1) is 0 Å². The zero-order valence-corrected chi connectivity index (χ0v) is 12.2. The van der Waals surface area contributed by atoms with E-state index in [1.165, 1.54) is 0 Å². The van der Waals surface area contributed by atoms with Gasteiger partial charge in [0.1, 0.15) is 12.4 Å². The van der Waals surface area contributed by atoms with Crippen LogP contribution in [0.1, 0.15) is 16.7 Å². The molecule has 5 heteroatoms. The molecule has 0 fully saturated rings. The van der Waals surface area contributed by atoms with Gasteiger partial charge in [0.2, 0.25) is 0 Å². The fourth-order valence-corrected chi connectivity index (χ4v) is 2.22. The first-order chi connectivity index (χ1) is 9.47. The Kier molecular flexibility index (Phi) is 4.71. The molecule has 104 valence electrons. The monoisotopic (exact) mass is 290 g/mol. The highest BCUT2D eigenvalue weighted by atomic mass is 35.5. The summed E-state index contributed by atoms with van der Waals surface area (Å²) in [6, 6.07) is 11.0. The summed E-state index contributed by atoms with van der Waals surface area (Å²) in [5.41, 5.74) is 3.24. The molecule has 0 unspecified atom stereocenters. The van der Waals surface area contributed by atoms with Crippen molar-refractivity contribution in [3.8, 4) is 5.75 Å². The zero-order valence-electron chi connectivity index (χ0n) is 11.4. The summed E-state index contributed by atoms with van der Waals surface area (Å²) in [5, 5.41) is 19.4. The molecule has 0 saturated heterocycles. The molecule has 0 bridgehead atoms. The third-order valence-corrected chi connectivity index (χ3v) is 3.39. The second-order valence-electron chi connectivity index (χ2n) is 4.80. The van der Waals surface area contributed by atoms with E-state index in [1.54, 1.807) is 12.1 Å². The average molecular weight is 291 g/mol. The second kappa shape index (κ2) is 6.31. The van der Waals surface area contributed by atoms with E-state index in [1.807, 2.05) is 38.1 Å². The van der Waals surface area contributed by atoms with Crippen molar-refractivity contribution in [2.75, 3.05) is 0 Å². The summed E-state index contributed by atoms with van der Waals surface area (Å²) in [6.07, 6.45) is 0. The number of rotatable bonds is 4. The molecule has 0 atom stereocenters. The predicted octanol–water partition coefficient (Wildman–Crippen LogP) is 2.22. The third-order valence-electron chi connectivity index (χ3n) is 3.04. The lowest BCUT2D eigenvalue weighted by Crippen LogP contribution is -2.31. The summed E-state index contributed by atoms with van der Waals surface area (Å²) in [5.74, 6) is 0.447. The number of benzene rings is 2. The molecule has 0 aliphatic carbocycles. The van der Waals surface area contributed by atoms with E-state index >= 15 is 0 Å². The second-order valence-corrected chi connectivity index (χ2v) is 5.21. The number of hydrogen-bond donors (Lipinski definition) is 2. The van der Waals surface area contributed by atoms with Crippen molar-refractivity contribution in [1.82, 2.24) is 0 Å². The Labute approximate surface area is 123 Å². The molecule has 0 spiro atoms. The first-order valence-electron chi connectivity index (χ1n) is 6.32. The maximum absolute atomic E-state index is 9.37. The molecule has 0 aromatic heterocycles. The number of aryl methyl sites for hydroxylation is 2. The predicted molar refractivity (Wildman–Crippen MR) is 81.5 cm³/mol. The highest BCUT2D eigenvalue weighted by Gasteiger charge is 2.17. The summed E-state index contributed by atoms with van der Waals surface area (Å²) in [4.78, 5) is 0.